The van der Waals surface area contributed by atoms with Crippen LogP contribution in [-0.4, -0.2) is 16.1 Å². The maximum atomic E-state index is 4.53. The van der Waals surface area contributed by atoms with Crippen LogP contribution in [0.3, 0.4) is 0 Å². The Morgan fingerprint density at radius 1 is 1.28 bits per heavy atom. The molecule has 3 nitrogen and oxygen atoms in total. The Kier molecular flexibility index (Phi) is 4.27. The van der Waals surface area contributed by atoms with E-state index in [1.165, 1.54) is 3.57 Å². The molecule has 0 unspecified atom stereocenters. The third kappa shape index (κ3) is 3.25. The smallest absolute Gasteiger partial charge is 0.207 e. The molecule has 0 fully saturated rings. The van der Waals surface area contributed by atoms with E-state index in [0.29, 0.717) is 5.92 Å². The summed E-state index contributed by atoms with van der Waals surface area (Å²) in [6, 6.07) is 8.45. The maximum Gasteiger partial charge on any atom is 0.207 e. The second-order valence-corrected chi connectivity index (χ2v) is 6.07. The standard InChI is InChI=1S/C14H18IN3/c1-10(2)8-16-14-17-11(3)9-18(14)13-6-4-12(15)5-7-13/h4-7,9-10H,8H2,1-3H3,(H,16,17). The molecular weight excluding hydrogens is 337 g/mol. The van der Waals surface area contributed by atoms with E-state index < -0.39 is 0 Å². The van der Waals surface area contributed by atoms with Gasteiger partial charge in [-0.3, -0.25) is 4.57 Å². The molecule has 1 heterocycles. The molecule has 1 aromatic heterocycles. The fourth-order valence-corrected chi connectivity index (χ4v) is 2.08. The summed E-state index contributed by atoms with van der Waals surface area (Å²) in [4.78, 5) is 4.53. The quantitative estimate of drug-likeness (QED) is 0.845. The lowest BCUT2D eigenvalue weighted by atomic mass is 10.2. The lowest BCUT2D eigenvalue weighted by Gasteiger charge is -2.11. The van der Waals surface area contributed by atoms with Crippen LogP contribution < -0.4 is 5.32 Å². The van der Waals surface area contributed by atoms with E-state index in [2.05, 4.69) is 81.8 Å². The monoisotopic (exact) mass is 355 g/mol. The van der Waals surface area contributed by atoms with Crippen molar-refractivity contribution in [2.24, 2.45) is 5.92 Å². The second-order valence-electron chi connectivity index (χ2n) is 4.83. The number of aromatic nitrogens is 2. The third-order valence-corrected chi connectivity index (χ3v) is 3.32. The number of rotatable bonds is 4. The molecule has 0 atom stereocenters. The fraction of sp³-hybridized carbons (Fsp3) is 0.357. The Morgan fingerprint density at radius 2 is 1.94 bits per heavy atom. The highest BCUT2D eigenvalue weighted by atomic mass is 127. The largest absolute Gasteiger partial charge is 0.355 e. The van der Waals surface area contributed by atoms with Gasteiger partial charge in [-0.05, 0) is 59.7 Å². The number of halogens is 1. The number of hydrogen-bond acceptors (Lipinski definition) is 2. The summed E-state index contributed by atoms with van der Waals surface area (Å²) in [5.74, 6) is 1.52. The van der Waals surface area contributed by atoms with Crippen molar-refractivity contribution in [2.75, 3.05) is 11.9 Å². The normalized spacial score (nSPS) is 10.9. The number of aryl methyl sites for hydroxylation is 1. The van der Waals surface area contributed by atoms with E-state index in [1.54, 1.807) is 0 Å². The SMILES string of the molecule is Cc1cn(-c2ccc(I)cc2)c(NCC(C)C)n1. The number of nitrogens with zero attached hydrogens (tertiary/aromatic N) is 2. The highest BCUT2D eigenvalue weighted by Crippen LogP contribution is 2.18. The summed E-state index contributed by atoms with van der Waals surface area (Å²) in [5, 5.41) is 3.40. The highest BCUT2D eigenvalue weighted by Gasteiger charge is 2.07. The van der Waals surface area contributed by atoms with Crippen LogP contribution in [0.1, 0.15) is 19.5 Å². The lowest BCUT2D eigenvalue weighted by Crippen LogP contribution is -2.12. The number of imidazole rings is 1. The molecule has 18 heavy (non-hydrogen) atoms. The molecule has 2 rings (SSSR count). The first kappa shape index (κ1) is 13.4. The summed E-state index contributed by atoms with van der Waals surface area (Å²) < 4.78 is 3.35. The van der Waals surface area contributed by atoms with Crippen LogP contribution in [0.2, 0.25) is 0 Å². The minimum atomic E-state index is 0.604. The van der Waals surface area contributed by atoms with Crippen molar-refractivity contribution >= 4 is 28.5 Å². The molecule has 0 amide bonds. The van der Waals surface area contributed by atoms with Crippen molar-refractivity contribution in [3.63, 3.8) is 0 Å². The predicted octanol–water partition coefficient (Wildman–Crippen LogP) is 3.85. The minimum Gasteiger partial charge on any atom is -0.355 e. The first-order chi connectivity index (χ1) is 8.56. The molecule has 0 aliphatic carbocycles. The third-order valence-electron chi connectivity index (χ3n) is 2.60. The van der Waals surface area contributed by atoms with Gasteiger partial charge in [0.05, 0.1) is 5.69 Å². The molecule has 96 valence electrons. The molecule has 0 saturated heterocycles. The van der Waals surface area contributed by atoms with Crippen molar-refractivity contribution in [3.05, 3.63) is 39.7 Å². The van der Waals surface area contributed by atoms with Crippen molar-refractivity contribution in [1.82, 2.24) is 9.55 Å². The van der Waals surface area contributed by atoms with E-state index in [-0.39, 0.29) is 0 Å². The average molecular weight is 355 g/mol. The van der Waals surface area contributed by atoms with Crippen molar-refractivity contribution in [2.45, 2.75) is 20.8 Å². The van der Waals surface area contributed by atoms with E-state index >= 15 is 0 Å². The average Bonchev–Trinajstić information content (AvgIpc) is 2.69. The molecule has 0 aliphatic heterocycles. The van der Waals surface area contributed by atoms with Gasteiger partial charge >= 0.3 is 0 Å². The van der Waals surface area contributed by atoms with Gasteiger partial charge in [0.2, 0.25) is 5.95 Å². The zero-order valence-electron chi connectivity index (χ0n) is 10.9. The van der Waals surface area contributed by atoms with Gasteiger partial charge in [0, 0.05) is 22.0 Å². The van der Waals surface area contributed by atoms with Crippen LogP contribution in [0.15, 0.2) is 30.5 Å². The molecule has 4 heteroatoms. The number of hydrogen-bond donors (Lipinski definition) is 1. The lowest BCUT2D eigenvalue weighted by molar-refractivity contribution is 0.683. The van der Waals surface area contributed by atoms with Gasteiger partial charge < -0.3 is 5.32 Å². The van der Waals surface area contributed by atoms with Gasteiger partial charge in [0.1, 0.15) is 0 Å². The van der Waals surface area contributed by atoms with Crippen molar-refractivity contribution in [1.29, 1.82) is 0 Å². The Bertz CT molecular complexity index is 514. The van der Waals surface area contributed by atoms with Gasteiger partial charge in [0.15, 0.2) is 0 Å². The maximum absolute atomic E-state index is 4.53. The fourth-order valence-electron chi connectivity index (χ4n) is 1.72. The Labute approximate surface area is 122 Å². The molecule has 0 spiro atoms. The van der Waals surface area contributed by atoms with Crippen LogP contribution in [-0.2, 0) is 0 Å². The zero-order valence-corrected chi connectivity index (χ0v) is 13.1. The minimum absolute atomic E-state index is 0.604. The van der Waals surface area contributed by atoms with Gasteiger partial charge in [-0.15, -0.1) is 0 Å². The summed E-state index contributed by atoms with van der Waals surface area (Å²) >= 11 is 2.31. The zero-order chi connectivity index (χ0) is 13.1. The van der Waals surface area contributed by atoms with E-state index in [1.807, 2.05) is 6.92 Å². The molecular formula is C14H18IN3. The highest BCUT2D eigenvalue weighted by molar-refractivity contribution is 14.1. The molecule has 0 bridgehead atoms. The van der Waals surface area contributed by atoms with Crippen LogP contribution >= 0.6 is 22.6 Å². The summed E-state index contributed by atoms with van der Waals surface area (Å²) in [6.45, 7) is 7.33. The summed E-state index contributed by atoms with van der Waals surface area (Å²) in [5.41, 5.74) is 2.17. The number of nitrogens with one attached hydrogen (secondary N) is 1. The van der Waals surface area contributed by atoms with Crippen molar-refractivity contribution in [3.8, 4) is 5.69 Å². The summed E-state index contributed by atoms with van der Waals surface area (Å²) in [7, 11) is 0. The van der Waals surface area contributed by atoms with E-state index in [4.69, 9.17) is 0 Å². The second kappa shape index (κ2) is 5.73. The number of benzene rings is 1. The molecule has 1 aromatic carbocycles. The molecule has 0 aliphatic rings. The van der Waals surface area contributed by atoms with Gasteiger partial charge in [-0.2, -0.15) is 0 Å². The Morgan fingerprint density at radius 3 is 2.56 bits per heavy atom. The van der Waals surface area contributed by atoms with Crippen LogP contribution in [0, 0.1) is 16.4 Å². The number of anilines is 1. The van der Waals surface area contributed by atoms with Gasteiger partial charge in [-0.1, -0.05) is 13.8 Å². The van der Waals surface area contributed by atoms with Crippen LogP contribution in [0.25, 0.3) is 5.69 Å². The Balaban J connectivity index is 2.29. The summed E-state index contributed by atoms with van der Waals surface area (Å²) in [6.07, 6.45) is 2.06. The molecule has 2 aromatic rings. The van der Waals surface area contributed by atoms with Gasteiger partial charge in [-0.25, -0.2) is 4.98 Å². The van der Waals surface area contributed by atoms with E-state index in [0.717, 1.165) is 23.9 Å². The van der Waals surface area contributed by atoms with Gasteiger partial charge in [0.25, 0.3) is 0 Å². The molecule has 1 N–H and O–H groups in total. The molecule has 0 radical (unpaired) electrons. The van der Waals surface area contributed by atoms with E-state index in [9.17, 15) is 0 Å². The predicted molar refractivity (Wildman–Crippen MR) is 84.3 cm³/mol. The van der Waals surface area contributed by atoms with Crippen LogP contribution in [0.5, 0.6) is 0 Å². The topological polar surface area (TPSA) is 29.9 Å². The first-order valence-electron chi connectivity index (χ1n) is 6.12. The Hall–Kier alpha value is -1.04. The molecule has 0 saturated carbocycles. The van der Waals surface area contributed by atoms with Crippen molar-refractivity contribution < 1.29 is 0 Å². The first-order valence-corrected chi connectivity index (χ1v) is 7.20. The van der Waals surface area contributed by atoms with Crippen LogP contribution in [0.4, 0.5) is 5.95 Å².